The summed E-state index contributed by atoms with van der Waals surface area (Å²) in [6.45, 7) is 0. The fraction of sp³-hybridized carbons (Fsp3) is 0.200. The normalized spacial score (nSPS) is 11.8. The number of esters is 1. The molecule has 0 amide bonds. The smallest absolute Gasteiger partial charge is 0.307 e. The van der Waals surface area contributed by atoms with Crippen molar-refractivity contribution in [2.75, 3.05) is 7.11 Å². The van der Waals surface area contributed by atoms with E-state index in [2.05, 4.69) is 10.8 Å². The molecule has 0 fully saturated rings. The fourth-order valence-corrected chi connectivity index (χ4v) is 2.03. The van der Waals surface area contributed by atoms with Crippen LogP contribution in [0.4, 0.5) is 0 Å². The topological polar surface area (TPSA) is 50.1 Å². The molecule has 0 radical (unpaired) electrons. The van der Waals surface area contributed by atoms with Crippen molar-refractivity contribution in [3.8, 4) is 6.07 Å². The summed E-state index contributed by atoms with van der Waals surface area (Å²) in [5.74, 6) is -0.835. The predicted octanol–water partition coefficient (Wildman–Crippen LogP) is 3.01. The molecule has 18 heavy (non-hydrogen) atoms. The van der Waals surface area contributed by atoms with Gasteiger partial charge in [-0.2, -0.15) is 5.26 Å². The van der Waals surface area contributed by atoms with Gasteiger partial charge in [0.2, 0.25) is 0 Å². The maximum absolute atomic E-state index is 11.3. The summed E-state index contributed by atoms with van der Waals surface area (Å²) in [5, 5.41) is 11.3. The van der Waals surface area contributed by atoms with E-state index >= 15 is 0 Å². The van der Waals surface area contributed by atoms with E-state index in [1.54, 1.807) is 0 Å². The highest BCUT2D eigenvalue weighted by Crippen LogP contribution is 2.27. The van der Waals surface area contributed by atoms with E-state index in [-0.39, 0.29) is 12.4 Å². The first kappa shape index (κ1) is 12.1. The van der Waals surface area contributed by atoms with Crippen LogP contribution in [0.25, 0.3) is 10.8 Å². The summed E-state index contributed by atoms with van der Waals surface area (Å²) in [7, 11) is 1.33. The Balaban J connectivity index is 2.46. The maximum atomic E-state index is 11.3. The molecular weight excluding hydrogens is 226 g/mol. The molecule has 0 spiro atoms. The molecule has 0 bridgehead atoms. The van der Waals surface area contributed by atoms with Crippen molar-refractivity contribution in [2.45, 2.75) is 12.3 Å². The fourth-order valence-electron chi connectivity index (χ4n) is 2.03. The van der Waals surface area contributed by atoms with Crippen LogP contribution in [0.1, 0.15) is 17.9 Å². The Bertz CT molecular complexity index is 608. The van der Waals surface area contributed by atoms with Crippen molar-refractivity contribution in [1.29, 1.82) is 5.26 Å². The number of rotatable bonds is 3. The summed E-state index contributed by atoms with van der Waals surface area (Å²) >= 11 is 0. The molecule has 3 heteroatoms. The Kier molecular flexibility index (Phi) is 3.59. The monoisotopic (exact) mass is 239 g/mol. The third-order valence-corrected chi connectivity index (χ3v) is 2.95. The molecule has 0 N–H and O–H groups in total. The van der Waals surface area contributed by atoms with Crippen LogP contribution >= 0.6 is 0 Å². The minimum Gasteiger partial charge on any atom is -0.469 e. The molecule has 0 saturated heterocycles. The van der Waals surface area contributed by atoms with Crippen molar-refractivity contribution in [1.82, 2.24) is 0 Å². The average Bonchev–Trinajstić information content (AvgIpc) is 2.44. The summed E-state index contributed by atoms with van der Waals surface area (Å²) in [4.78, 5) is 11.3. The lowest BCUT2D eigenvalue weighted by atomic mass is 9.92. The van der Waals surface area contributed by atoms with E-state index in [1.165, 1.54) is 7.11 Å². The summed E-state index contributed by atoms with van der Waals surface area (Å²) in [6.07, 6.45) is 0.0843. The molecule has 0 aliphatic heterocycles. The number of carbonyl (C=O) groups excluding carboxylic acids is 1. The van der Waals surface area contributed by atoms with Crippen LogP contribution < -0.4 is 0 Å². The van der Waals surface area contributed by atoms with E-state index in [0.717, 1.165) is 16.3 Å². The van der Waals surface area contributed by atoms with Crippen LogP contribution in [0, 0.1) is 11.3 Å². The average molecular weight is 239 g/mol. The molecule has 0 saturated carbocycles. The standard InChI is InChI=1S/C15H13NO2/c1-18-15(17)9-12(10-16)14-8-4-6-11-5-2-3-7-13(11)14/h2-8,12H,9H2,1H3/t12-/m0/s1. The first-order valence-corrected chi connectivity index (χ1v) is 5.70. The van der Waals surface area contributed by atoms with Crippen molar-refractivity contribution in [3.05, 3.63) is 48.0 Å². The van der Waals surface area contributed by atoms with Gasteiger partial charge < -0.3 is 4.74 Å². The number of methoxy groups -OCH3 is 1. The zero-order valence-corrected chi connectivity index (χ0v) is 10.1. The number of nitrogens with zero attached hydrogens (tertiary/aromatic N) is 1. The SMILES string of the molecule is COC(=O)C[C@@H](C#N)c1cccc2ccccc12. The molecule has 0 unspecified atom stereocenters. The van der Waals surface area contributed by atoms with Crippen LogP contribution in [-0.2, 0) is 9.53 Å². The summed E-state index contributed by atoms with van der Waals surface area (Å²) in [5.41, 5.74) is 0.876. The molecule has 0 aliphatic carbocycles. The van der Waals surface area contributed by atoms with Crippen molar-refractivity contribution < 1.29 is 9.53 Å². The molecule has 2 aromatic carbocycles. The molecular formula is C15H13NO2. The second-order valence-electron chi connectivity index (χ2n) is 4.03. The van der Waals surface area contributed by atoms with Crippen molar-refractivity contribution >= 4 is 16.7 Å². The number of nitriles is 1. The number of hydrogen-bond acceptors (Lipinski definition) is 3. The van der Waals surface area contributed by atoms with E-state index in [4.69, 9.17) is 0 Å². The van der Waals surface area contributed by atoms with Crippen LogP contribution in [0.2, 0.25) is 0 Å². The van der Waals surface area contributed by atoms with Crippen molar-refractivity contribution in [3.63, 3.8) is 0 Å². The van der Waals surface area contributed by atoms with Gasteiger partial charge in [0, 0.05) is 0 Å². The van der Waals surface area contributed by atoms with E-state index in [1.807, 2.05) is 42.5 Å². The number of ether oxygens (including phenoxy) is 1. The minimum atomic E-state index is -0.469. The van der Waals surface area contributed by atoms with Gasteiger partial charge in [-0.25, -0.2) is 0 Å². The van der Waals surface area contributed by atoms with E-state index < -0.39 is 5.92 Å². The molecule has 90 valence electrons. The summed E-state index contributed by atoms with van der Waals surface area (Å²) < 4.78 is 4.63. The van der Waals surface area contributed by atoms with Gasteiger partial charge >= 0.3 is 5.97 Å². The van der Waals surface area contributed by atoms with E-state index in [0.29, 0.717) is 0 Å². The number of carbonyl (C=O) groups is 1. The summed E-state index contributed by atoms with van der Waals surface area (Å²) in [6, 6.07) is 15.8. The van der Waals surface area contributed by atoms with Crippen molar-refractivity contribution in [2.24, 2.45) is 0 Å². The zero-order chi connectivity index (χ0) is 13.0. The Morgan fingerprint density at radius 3 is 2.72 bits per heavy atom. The second-order valence-corrected chi connectivity index (χ2v) is 4.03. The third kappa shape index (κ3) is 2.33. The maximum Gasteiger partial charge on any atom is 0.307 e. The molecule has 0 aromatic heterocycles. The molecule has 0 aliphatic rings. The third-order valence-electron chi connectivity index (χ3n) is 2.95. The largest absolute Gasteiger partial charge is 0.469 e. The van der Waals surface area contributed by atoms with Crippen LogP contribution in [-0.4, -0.2) is 13.1 Å². The van der Waals surface area contributed by atoms with Gasteiger partial charge in [0.25, 0.3) is 0 Å². The lowest BCUT2D eigenvalue weighted by molar-refractivity contribution is -0.140. The molecule has 1 atom stereocenters. The Hall–Kier alpha value is -2.34. The highest BCUT2D eigenvalue weighted by atomic mass is 16.5. The lowest BCUT2D eigenvalue weighted by Crippen LogP contribution is -2.07. The van der Waals surface area contributed by atoms with Gasteiger partial charge in [0.15, 0.2) is 0 Å². The molecule has 2 aromatic rings. The first-order chi connectivity index (χ1) is 8.76. The minimum absolute atomic E-state index is 0.0843. The second kappa shape index (κ2) is 5.33. The highest BCUT2D eigenvalue weighted by Gasteiger charge is 2.17. The van der Waals surface area contributed by atoms with Gasteiger partial charge in [0.1, 0.15) is 0 Å². The Labute approximate surface area is 106 Å². The number of benzene rings is 2. The van der Waals surface area contributed by atoms with Gasteiger partial charge in [0.05, 0.1) is 25.5 Å². The molecule has 2 rings (SSSR count). The zero-order valence-electron chi connectivity index (χ0n) is 10.1. The van der Waals surface area contributed by atoms with Gasteiger partial charge in [-0.15, -0.1) is 0 Å². The Morgan fingerprint density at radius 1 is 1.28 bits per heavy atom. The predicted molar refractivity (Wildman–Crippen MR) is 68.9 cm³/mol. The van der Waals surface area contributed by atoms with Gasteiger partial charge in [-0.3, -0.25) is 4.79 Å². The van der Waals surface area contributed by atoms with Gasteiger partial charge in [-0.05, 0) is 16.3 Å². The van der Waals surface area contributed by atoms with Crippen LogP contribution in [0.5, 0.6) is 0 Å². The van der Waals surface area contributed by atoms with E-state index in [9.17, 15) is 10.1 Å². The lowest BCUT2D eigenvalue weighted by Gasteiger charge is -2.11. The number of hydrogen-bond donors (Lipinski definition) is 0. The number of fused-ring (bicyclic) bond motifs is 1. The van der Waals surface area contributed by atoms with Crippen LogP contribution in [0.3, 0.4) is 0 Å². The van der Waals surface area contributed by atoms with Gasteiger partial charge in [-0.1, -0.05) is 42.5 Å². The molecule has 3 nitrogen and oxygen atoms in total. The van der Waals surface area contributed by atoms with Crippen LogP contribution in [0.15, 0.2) is 42.5 Å². The quantitative estimate of drug-likeness (QED) is 0.773. The Morgan fingerprint density at radius 2 is 2.00 bits per heavy atom. The molecule has 0 heterocycles. The first-order valence-electron chi connectivity index (χ1n) is 5.70. The highest BCUT2D eigenvalue weighted by molar-refractivity contribution is 5.87.